The van der Waals surface area contributed by atoms with Gasteiger partial charge >= 0.3 is 5.97 Å². The molecule has 1 aliphatic heterocycles. The number of esters is 1. The van der Waals surface area contributed by atoms with E-state index in [1.165, 1.54) is 0 Å². The zero-order valence-electron chi connectivity index (χ0n) is 16.8. The maximum Gasteiger partial charge on any atom is 0.339 e. The van der Waals surface area contributed by atoms with Crippen LogP contribution in [0.2, 0.25) is 0 Å². The number of cyclic esters (lactones) is 1. The zero-order chi connectivity index (χ0) is 20.8. The number of hydrogen-bond acceptors (Lipinski definition) is 6. The first-order valence-corrected chi connectivity index (χ1v) is 9.46. The number of ether oxygens (including phenoxy) is 4. The van der Waals surface area contributed by atoms with Crippen LogP contribution in [0.1, 0.15) is 15.9 Å². The smallest absolute Gasteiger partial charge is 0.339 e. The minimum absolute atomic E-state index is 0.252. The molecule has 5 rings (SSSR count). The van der Waals surface area contributed by atoms with E-state index in [4.69, 9.17) is 18.9 Å². The standard InChI is InChI=1S/C24H19NO5/c1-27-15-4-5-16-17(6-7-25-19(16)10-15)23-18-11-21(29-3)20(28-2)9-13(18)8-14-12-30-24(26)22(14)23/h4-11H,12H2,1-3H3. The van der Waals surface area contributed by atoms with E-state index in [1.54, 1.807) is 27.5 Å². The Kier molecular flexibility index (Phi) is 4.20. The molecule has 6 heteroatoms. The number of fused-ring (bicyclic) bond motifs is 3. The Labute approximate surface area is 173 Å². The van der Waals surface area contributed by atoms with Crippen LogP contribution in [0.5, 0.6) is 17.2 Å². The average molecular weight is 401 g/mol. The summed E-state index contributed by atoms with van der Waals surface area (Å²) in [5.74, 6) is 1.62. The lowest BCUT2D eigenvalue weighted by Crippen LogP contribution is -2.00. The fourth-order valence-electron chi connectivity index (χ4n) is 4.10. The normalized spacial score (nSPS) is 12.7. The van der Waals surface area contributed by atoms with E-state index in [0.717, 1.165) is 44.1 Å². The van der Waals surface area contributed by atoms with Crippen molar-refractivity contribution in [1.29, 1.82) is 0 Å². The molecular formula is C24H19NO5. The van der Waals surface area contributed by atoms with Crippen molar-refractivity contribution < 1.29 is 23.7 Å². The molecule has 0 saturated carbocycles. The van der Waals surface area contributed by atoms with Crippen molar-refractivity contribution in [2.45, 2.75) is 6.61 Å². The molecule has 2 heterocycles. The number of benzene rings is 3. The highest BCUT2D eigenvalue weighted by molar-refractivity contribution is 6.14. The molecule has 0 atom stereocenters. The molecule has 0 radical (unpaired) electrons. The van der Waals surface area contributed by atoms with Crippen molar-refractivity contribution >= 4 is 27.6 Å². The van der Waals surface area contributed by atoms with Gasteiger partial charge in [-0.2, -0.15) is 0 Å². The van der Waals surface area contributed by atoms with Gasteiger partial charge in [-0.05, 0) is 52.7 Å². The summed E-state index contributed by atoms with van der Waals surface area (Å²) in [5, 5.41) is 2.74. The van der Waals surface area contributed by atoms with Gasteiger partial charge in [0.15, 0.2) is 11.5 Å². The van der Waals surface area contributed by atoms with Gasteiger partial charge in [0.05, 0.1) is 32.4 Å². The van der Waals surface area contributed by atoms with E-state index < -0.39 is 0 Å². The third-order valence-corrected chi connectivity index (χ3v) is 5.51. The zero-order valence-corrected chi connectivity index (χ0v) is 16.8. The quantitative estimate of drug-likeness (QED) is 0.460. The second-order valence-electron chi connectivity index (χ2n) is 7.03. The topological polar surface area (TPSA) is 66.9 Å². The number of carbonyl (C=O) groups is 1. The molecule has 0 fully saturated rings. The summed E-state index contributed by atoms with van der Waals surface area (Å²) in [4.78, 5) is 17.2. The van der Waals surface area contributed by atoms with Crippen LogP contribution in [0.25, 0.3) is 32.8 Å². The number of pyridine rings is 1. The highest BCUT2D eigenvalue weighted by Crippen LogP contribution is 2.44. The Bertz CT molecular complexity index is 1330. The average Bonchev–Trinajstić information content (AvgIpc) is 3.15. The van der Waals surface area contributed by atoms with Gasteiger partial charge in [-0.25, -0.2) is 4.79 Å². The minimum atomic E-state index is -0.324. The maximum absolute atomic E-state index is 12.7. The van der Waals surface area contributed by atoms with E-state index in [9.17, 15) is 4.79 Å². The van der Waals surface area contributed by atoms with E-state index in [1.807, 2.05) is 42.5 Å². The molecule has 0 unspecified atom stereocenters. The predicted molar refractivity (Wildman–Crippen MR) is 113 cm³/mol. The van der Waals surface area contributed by atoms with Crippen LogP contribution < -0.4 is 14.2 Å². The van der Waals surface area contributed by atoms with Crippen molar-refractivity contribution in [3.63, 3.8) is 0 Å². The number of aromatic nitrogens is 1. The Hall–Kier alpha value is -3.80. The van der Waals surface area contributed by atoms with Crippen LogP contribution in [-0.4, -0.2) is 32.3 Å². The lowest BCUT2D eigenvalue weighted by molar-refractivity contribution is 0.0535. The molecule has 6 nitrogen and oxygen atoms in total. The number of methoxy groups -OCH3 is 3. The van der Waals surface area contributed by atoms with Gasteiger partial charge in [0, 0.05) is 28.8 Å². The highest BCUT2D eigenvalue weighted by Gasteiger charge is 2.29. The molecule has 0 spiro atoms. The van der Waals surface area contributed by atoms with Gasteiger partial charge in [0.1, 0.15) is 12.4 Å². The van der Waals surface area contributed by atoms with Crippen molar-refractivity contribution in [2.75, 3.05) is 21.3 Å². The van der Waals surface area contributed by atoms with Gasteiger partial charge in [-0.1, -0.05) is 0 Å². The molecule has 1 aliphatic rings. The van der Waals surface area contributed by atoms with Crippen molar-refractivity contribution in [1.82, 2.24) is 4.98 Å². The van der Waals surface area contributed by atoms with Gasteiger partial charge in [-0.3, -0.25) is 4.98 Å². The monoisotopic (exact) mass is 401 g/mol. The molecule has 0 aliphatic carbocycles. The second-order valence-corrected chi connectivity index (χ2v) is 7.03. The highest BCUT2D eigenvalue weighted by atomic mass is 16.5. The number of carbonyl (C=O) groups excluding carboxylic acids is 1. The first-order valence-electron chi connectivity index (χ1n) is 9.46. The van der Waals surface area contributed by atoms with Crippen molar-refractivity contribution in [3.05, 3.63) is 59.8 Å². The van der Waals surface area contributed by atoms with Crippen LogP contribution in [0.15, 0.2) is 48.7 Å². The summed E-state index contributed by atoms with van der Waals surface area (Å²) in [7, 11) is 4.83. The molecule has 0 bridgehead atoms. The van der Waals surface area contributed by atoms with Crippen LogP contribution in [-0.2, 0) is 11.3 Å². The van der Waals surface area contributed by atoms with E-state index >= 15 is 0 Å². The molecule has 150 valence electrons. The van der Waals surface area contributed by atoms with Crippen LogP contribution >= 0.6 is 0 Å². The molecule has 1 aromatic heterocycles. The molecule has 3 aromatic carbocycles. The number of hydrogen-bond donors (Lipinski definition) is 0. The Morgan fingerprint density at radius 1 is 0.867 bits per heavy atom. The molecular weight excluding hydrogens is 382 g/mol. The molecule has 4 aromatic rings. The maximum atomic E-state index is 12.7. The van der Waals surface area contributed by atoms with Gasteiger partial charge < -0.3 is 18.9 Å². The largest absolute Gasteiger partial charge is 0.497 e. The van der Waals surface area contributed by atoms with Crippen molar-refractivity contribution in [2.24, 2.45) is 0 Å². The third kappa shape index (κ3) is 2.64. The first kappa shape index (κ1) is 18.2. The van der Waals surface area contributed by atoms with E-state index in [0.29, 0.717) is 17.1 Å². The summed E-state index contributed by atoms with van der Waals surface area (Å²) in [6, 6.07) is 13.5. The number of rotatable bonds is 4. The minimum Gasteiger partial charge on any atom is -0.497 e. The summed E-state index contributed by atoms with van der Waals surface area (Å²) in [5.41, 5.74) is 3.93. The summed E-state index contributed by atoms with van der Waals surface area (Å²) in [6.45, 7) is 0.252. The lowest BCUT2D eigenvalue weighted by atomic mass is 9.89. The van der Waals surface area contributed by atoms with Crippen LogP contribution in [0.3, 0.4) is 0 Å². The van der Waals surface area contributed by atoms with Crippen molar-refractivity contribution in [3.8, 4) is 28.4 Å². The Morgan fingerprint density at radius 2 is 1.67 bits per heavy atom. The van der Waals surface area contributed by atoms with Gasteiger partial charge in [0.2, 0.25) is 0 Å². The summed E-state index contributed by atoms with van der Waals surface area (Å²) >= 11 is 0. The molecule has 0 saturated heterocycles. The van der Waals surface area contributed by atoms with Crippen LogP contribution in [0.4, 0.5) is 0 Å². The summed E-state index contributed by atoms with van der Waals surface area (Å²) < 4.78 is 21.7. The number of nitrogens with zero attached hydrogens (tertiary/aromatic N) is 1. The SMILES string of the molecule is COc1ccc2c(-c3c4c(cc5cc(OC)c(OC)cc35)COC4=O)ccnc2c1. The Balaban J connectivity index is 1.92. The second kappa shape index (κ2) is 6.91. The van der Waals surface area contributed by atoms with Crippen LogP contribution in [0, 0.1) is 0 Å². The summed E-state index contributed by atoms with van der Waals surface area (Å²) in [6.07, 6.45) is 1.74. The first-order chi connectivity index (χ1) is 14.6. The Morgan fingerprint density at radius 3 is 2.43 bits per heavy atom. The molecule has 0 N–H and O–H groups in total. The van der Waals surface area contributed by atoms with E-state index in [2.05, 4.69) is 4.98 Å². The molecule has 0 amide bonds. The van der Waals surface area contributed by atoms with Gasteiger partial charge in [0.25, 0.3) is 0 Å². The third-order valence-electron chi connectivity index (χ3n) is 5.51. The molecule has 30 heavy (non-hydrogen) atoms. The predicted octanol–water partition coefficient (Wildman–Crippen LogP) is 4.75. The fraction of sp³-hybridized carbons (Fsp3) is 0.167. The van der Waals surface area contributed by atoms with Gasteiger partial charge in [-0.15, -0.1) is 0 Å². The van der Waals surface area contributed by atoms with E-state index in [-0.39, 0.29) is 12.6 Å². The fourth-order valence-corrected chi connectivity index (χ4v) is 4.10. The lowest BCUT2D eigenvalue weighted by Gasteiger charge is -2.16.